The molecule has 0 radical (unpaired) electrons. The summed E-state index contributed by atoms with van der Waals surface area (Å²) in [7, 11) is 0. The van der Waals surface area contributed by atoms with Gasteiger partial charge < -0.3 is 10.1 Å². The Morgan fingerprint density at radius 2 is 2.18 bits per heavy atom. The monoisotopic (exact) mass is 244 g/mol. The van der Waals surface area contributed by atoms with Gasteiger partial charge in [0.25, 0.3) is 6.02 Å². The highest BCUT2D eigenvalue weighted by molar-refractivity contribution is 5.74. The van der Waals surface area contributed by atoms with Gasteiger partial charge in [0.05, 0.1) is 12.1 Å². The third-order valence-corrected chi connectivity index (χ3v) is 2.28. The molecular formula is C11H11F3N2O. The fraction of sp³-hybridized carbons (Fsp3) is 0.364. The number of ether oxygens (including phenoxy) is 1. The van der Waals surface area contributed by atoms with Crippen LogP contribution < -0.4 is 5.32 Å². The molecule has 0 saturated carbocycles. The lowest BCUT2D eigenvalue weighted by molar-refractivity contribution is -0.137. The Kier molecular flexibility index (Phi) is 3.21. The lowest BCUT2D eigenvalue weighted by atomic mass is 10.1. The number of halogens is 3. The van der Waals surface area contributed by atoms with Crippen molar-refractivity contribution in [3.8, 4) is 0 Å². The molecule has 6 heteroatoms. The van der Waals surface area contributed by atoms with Crippen molar-refractivity contribution in [3.05, 3.63) is 35.4 Å². The molecule has 1 aromatic rings. The van der Waals surface area contributed by atoms with E-state index in [0.717, 1.165) is 12.1 Å². The molecular weight excluding hydrogens is 233 g/mol. The van der Waals surface area contributed by atoms with Gasteiger partial charge in [-0.1, -0.05) is 12.1 Å². The van der Waals surface area contributed by atoms with Gasteiger partial charge in [0.1, 0.15) is 6.61 Å². The van der Waals surface area contributed by atoms with Crippen molar-refractivity contribution in [3.63, 3.8) is 0 Å². The van der Waals surface area contributed by atoms with E-state index in [1.165, 1.54) is 6.07 Å². The Morgan fingerprint density at radius 3 is 2.82 bits per heavy atom. The first-order valence-electron chi connectivity index (χ1n) is 5.13. The van der Waals surface area contributed by atoms with Gasteiger partial charge in [-0.15, -0.1) is 0 Å². The second-order valence-corrected chi connectivity index (χ2v) is 3.59. The maximum atomic E-state index is 12.4. The van der Waals surface area contributed by atoms with Crippen LogP contribution in [-0.2, 0) is 17.5 Å². The number of hydrogen-bond donors (Lipinski definition) is 1. The molecule has 0 bridgehead atoms. The van der Waals surface area contributed by atoms with Crippen LogP contribution in [0.25, 0.3) is 0 Å². The zero-order chi connectivity index (χ0) is 12.3. The third kappa shape index (κ3) is 3.12. The molecule has 0 aromatic heterocycles. The Hall–Kier alpha value is -1.72. The molecule has 1 N–H and O–H groups in total. The normalized spacial score (nSPS) is 15.4. The fourth-order valence-corrected chi connectivity index (χ4v) is 1.48. The van der Waals surface area contributed by atoms with E-state index in [4.69, 9.17) is 4.74 Å². The minimum absolute atomic E-state index is 0.267. The number of rotatable bonds is 2. The number of aliphatic imine (C=N–C) groups is 1. The zero-order valence-corrected chi connectivity index (χ0v) is 8.92. The van der Waals surface area contributed by atoms with E-state index in [-0.39, 0.29) is 6.54 Å². The molecule has 0 atom stereocenters. The highest BCUT2D eigenvalue weighted by Crippen LogP contribution is 2.29. The van der Waals surface area contributed by atoms with Crippen molar-refractivity contribution >= 4 is 6.02 Å². The van der Waals surface area contributed by atoms with Crippen LogP contribution in [0.1, 0.15) is 11.1 Å². The van der Waals surface area contributed by atoms with Crippen molar-refractivity contribution in [2.45, 2.75) is 12.7 Å². The van der Waals surface area contributed by atoms with Gasteiger partial charge in [0.15, 0.2) is 0 Å². The van der Waals surface area contributed by atoms with Crippen LogP contribution in [0.4, 0.5) is 13.2 Å². The van der Waals surface area contributed by atoms with Gasteiger partial charge in [0.2, 0.25) is 0 Å². The van der Waals surface area contributed by atoms with Crippen molar-refractivity contribution in [1.29, 1.82) is 0 Å². The number of nitrogens with zero attached hydrogens (tertiary/aromatic N) is 1. The number of hydrogen-bond acceptors (Lipinski definition) is 3. The zero-order valence-electron chi connectivity index (χ0n) is 8.92. The highest BCUT2D eigenvalue weighted by Gasteiger charge is 2.30. The van der Waals surface area contributed by atoms with Crippen LogP contribution in [-0.4, -0.2) is 19.2 Å². The maximum absolute atomic E-state index is 12.4. The van der Waals surface area contributed by atoms with E-state index in [1.807, 2.05) is 0 Å². The summed E-state index contributed by atoms with van der Waals surface area (Å²) >= 11 is 0. The summed E-state index contributed by atoms with van der Waals surface area (Å²) in [6, 6.07) is 5.56. The van der Waals surface area contributed by atoms with E-state index in [9.17, 15) is 13.2 Å². The lowest BCUT2D eigenvalue weighted by Gasteiger charge is -2.09. The summed E-state index contributed by atoms with van der Waals surface area (Å²) in [6.07, 6.45) is -4.31. The molecule has 1 aliphatic rings. The van der Waals surface area contributed by atoms with E-state index in [2.05, 4.69) is 10.3 Å². The standard InChI is InChI=1S/C11H11F3N2O/c12-11(13,14)9-3-1-2-8(6-9)7-16-10-15-4-5-17-10/h1-3,6H,4-5,7H2,(H,15,16). The summed E-state index contributed by atoms with van der Waals surface area (Å²) in [5, 5.41) is 2.84. The molecule has 0 fully saturated rings. The molecule has 1 aliphatic heterocycles. The molecule has 92 valence electrons. The molecule has 3 nitrogen and oxygen atoms in total. The predicted octanol–water partition coefficient (Wildman–Crippen LogP) is 2.18. The molecule has 17 heavy (non-hydrogen) atoms. The smallest absolute Gasteiger partial charge is 0.416 e. The minimum atomic E-state index is -4.31. The first kappa shape index (κ1) is 11.8. The average Bonchev–Trinajstić information content (AvgIpc) is 2.78. The summed E-state index contributed by atoms with van der Waals surface area (Å²) in [5.41, 5.74) is -0.107. The Morgan fingerprint density at radius 1 is 1.35 bits per heavy atom. The van der Waals surface area contributed by atoms with Crippen molar-refractivity contribution < 1.29 is 17.9 Å². The summed E-state index contributed by atoms with van der Waals surface area (Å²) in [4.78, 5) is 3.98. The minimum Gasteiger partial charge on any atom is -0.463 e. The predicted molar refractivity (Wildman–Crippen MR) is 56.5 cm³/mol. The summed E-state index contributed by atoms with van der Waals surface area (Å²) in [5.74, 6) is 0. The molecule has 0 amide bonds. The molecule has 2 rings (SSSR count). The molecule has 0 spiro atoms. The van der Waals surface area contributed by atoms with Gasteiger partial charge in [-0.3, -0.25) is 0 Å². The molecule has 1 heterocycles. The highest BCUT2D eigenvalue weighted by atomic mass is 19.4. The van der Waals surface area contributed by atoms with E-state index >= 15 is 0 Å². The first-order valence-corrected chi connectivity index (χ1v) is 5.13. The van der Waals surface area contributed by atoms with E-state index in [1.54, 1.807) is 6.07 Å². The molecule has 0 aliphatic carbocycles. The molecule has 0 saturated heterocycles. The van der Waals surface area contributed by atoms with Crippen LogP contribution in [0.2, 0.25) is 0 Å². The van der Waals surface area contributed by atoms with Gasteiger partial charge in [-0.05, 0) is 17.7 Å². The second kappa shape index (κ2) is 4.65. The van der Waals surface area contributed by atoms with Crippen LogP contribution in [0.15, 0.2) is 29.3 Å². The van der Waals surface area contributed by atoms with E-state index < -0.39 is 11.7 Å². The second-order valence-electron chi connectivity index (χ2n) is 3.59. The largest absolute Gasteiger partial charge is 0.463 e. The van der Waals surface area contributed by atoms with Gasteiger partial charge in [0, 0.05) is 6.54 Å². The fourth-order valence-electron chi connectivity index (χ4n) is 1.48. The summed E-state index contributed by atoms with van der Waals surface area (Å²) in [6.45, 7) is 1.37. The van der Waals surface area contributed by atoms with Crippen LogP contribution in [0, 0.1) is 0 Å². The maximum Gasteiger partial charge on any atom is 0.416 e. The average molecular weight is 244 g/mol. The van der Waals surface area contributed by atoms with Crippen molar-refractivity contribution in [2.75, 3.05) is 13.2 Å². The molecule has 0 unspecified atom stereocenters. The topological polar surface area (TPSA) is 33.6 Å². The van der Waals surface area contributed by atoms with Gasteiger partial charge in [-0.25, -0.2) is 4.99 Å². The number of nitrogens with one attached hydrogen (secondary N) is 1. The number of benzene rings is 1. The van der Waals surface area contributed by atoms with Gasteiger partial charge >= 0.3 is 6.18 Å². The third-order valence-electron chi connectivity index (χ3n) is 2.28. The summed E-state index contributed by atoms with van der Waals surface area (Å²) < 4.78 is 42.4. The molecule has 1 aromatic carbocycles. The van der Waals surface area contributed by atoms with Crippen LogP contribution >= 0.6 is 0 Å². The quantitative estimate of drug-likeness (QED) is 0.865. The van der Waals surface area contributed by atoms with Crippen LogP contribution in [0.5, 0.6) is 0 Å². The SMILES string of the molecule is FC(F)(F)c1cccc(CNC2=NCCO2)c1. The number of alkyl halides is 3. The Balaban J connectivity index is 2.01. The van der Waals surface area contributed by atoms with Crippen molar-refractivity contribution in [1.82, 2.24) is 5.32 Å². The van der Waals surface area contributed by atoms with Crippen LogP contribution in [0.3, 0.4) is 0 Å². The Labute approximate surface area is 96.3 Å². The first-order chi connectivity index (χ1) is 8.05. The van der Waals surface area contributed by atoms with E-state index in [0.29, 0.717) is 24.7 Å². The lowest BCUT2D eigenvalue weighted by Crippen LogP contribution is -2.23. The number of amidine groups is 1. The van der Waals surface area contributed by atoms with Gasteiger partial charge in [-0.2, -0.15) is 13.2 Å². The Bertz CT molecular complexity index is 429. The van der Waals surface area contributed by atoms with Crippen molar-refractivity contribution in [2.24, 2.45) is 4.99 Å².